The molecule has 8 aromatic heterocycles. The van der Waals surface area contributed by atoms with Gasteiger partial charge in [-0.2, -0.15) is 0 Å². The lowest BCUT2D eigenvalue weighted by Gasteiger charge is -2.32. The van der Waals surface area contributed by atoms with E-state index in [9.17, 15) is 0 Å². The number of rotatable bonds is 6. The molecule has 1 aliphatic rings. The van der Waals surface area contributed by atoms with Crippen LogP contribution in [0.2, 0.25) is 0 Å². The molecule has 98 heavy (non-hydrogen) atoms. The molecule has 1 saturated heterocycles. The Bertz CT molecular complexity index is 6330. The molecule has 0 amide bonds. The molecule has 20 aromatic rings. The molecule has 0 unspecified atom stereocenters. The van der Waals surface area contributed by atoms with Crippen molar-refractivity contribution in [1.82, 2.24) is 18.3 Å². The number of benzene rings is 12. The molecular formula is C86H60BBrN4O2S4. The van der Waals surface area contributed by atoms with E-state index in [1.54, 1.807) is 0 Å². The van der Waals surface area contributed by atoms with Crippen LogP contribution in [-0.4, -0.2) is 36.6 Å². The summed E-state index contributed by atoms with van der Waals surface area (Å²) in [7, 11) is -0.366. The predicted octanol–water partition coefficient (Wildman–Crippen LogP) is 25.0. The van der Waals surface area contributed by atoms with Gasteiger partial charge in [-0.05, 0) is 166 Å². The van der Waals surface area contributed by atoms with Crippen molar-refractivity contribution in [2.24, 2.45) is 0 Å². The van der Waals surface area contributed by atoms with Gasteiger partial charge >= 0.3 is 7.12 Å². The van der Waals surface area contributed by atoms with Crippen LogP contribution < -0.4 is 5.46 Å². The van der Waals surface area contributed by atoms with Crippen molar-refractivity contribution in [2.45, 2.75) is 38.9 Å². The number of hydrogen-bond acceptors (Lipinski definition) is 6. The van der Waals surface area contributed by atoms with Gasteiger partial charge in [0.25, 0.3) is 0 Å². The molecule has 1 fully saturated rings. The highest BCUT2D eigenvalue weighted by Crippen LogP contribution is 2.49. The van der Waals surface area contributed by atoms with Crippen molar-refractivity contribution in [2.75, 3.05) is 0 Å². The third-order valence-electron chi connectivity index (χ3n) is 20.0. The summed E-state index contributed by atoms with van der Waals surface area (Å²) < 4.78 is 28.7. The van der Waals surface area contributed by atoms with E-state index in [1.165, 1.54) is 159 Å². The van der Waals surface area contributed by atoms with Crippen LogP contribution in [0.25, 0.3) is 159 Å². The molecule has 6 nitrogen and oxygen atoms in total. The van der Waals surface area contributed by atoms with Gasteiger partial charge < -0.3 is 27.6 Å². The maximum absolute atomic E-state index is 6.35. The zero-order valence-electron chi connectivity index (χ0n) is 53.9. The first kappa shape index (κ1) is 59.4. The highest BCUT2D eigenvalue weighted by molar-refractivity contribution is 9.10. The molecule has 0 spiro atoms. The third kappa shape index (κ3) is 9.44. The number of halogens is 1. The van der Waals surface area contributed by atoms with Crippen LogP contribution in [0.1, 0.15) is 27.7 Å². The molecule has 21 rings (SSSR count). The van der Waals surface area contributed by atoms with Crippen molar-refractivity contribution in [3.05, 3.63) is 296 Å². The molecule has 0 N–H and O–H groups in total. The van der Waals surface area contributed by atoms with Gasteiger partial charge in [-0.1, -0.05) is 186 Å². The molecule has 1 aliphatic heterocycles. The fraction of sp³-hybridized carbons (Fsp3) is 0.0698. The van der Waals surface area contributed by atoms with Crippen LogP contribution in [0.15, 0.2) is 296 Å². The van der Waals surface area contributed by atoms with Gasteiger partial charge in [0, 0.05) is 111 Å². The Hall–Kier alpha value is -9.86. The summed E-state index contributed by atoms with van der Waals surface area (Å²) in [6, 6.07) is 105. The Morgan fingerprint density at radius 3 is 0.898 bits per heavy atom. The van der Waals surface area contributed by atoms with Crippen LogP contribution in [0.5, 0.6) is 0 Å². The summed E-state index contributed by atoms with van der Waals surface area (Å²) in [4.78, 5) is 5.18. The van der Waals surface area contributed by atoms with E-state index in [0.717, 1.165) is 9.94 Å². The maximum atomic E-state index is 6.35. The average Bonchev–Trinajstić information content (AvgIpc) is 1.58. The second-order valence-electron chi connectivity index (χ2n) is 26.3. The molecule has 0 aliphatic carbocycles. The molecular weight excluding hydrogens is 1340 g/mol. The van der Waals surface area contributed by atoms with Crippen LogP contribution in [0, 0.1) is 0 Å². The average molecular weight is 1400 g/mol. The summed E-state index contributed by atoms with van der Waals surface area (Å²) >= 11 is 11.1. The van der Waals surface area contributed by atoms with Gasteiger partial charge in [0.1, 0.15) is 19.3 Å². The zero-order valence-corrected chi connectivity index (χ0v) is 58.8. The van der Waals surface area contributed by atoms with Gasteiger partial charge in [-0.25, -0.2) is 0 Å². The van der Waals surface area contributed by atoms with Crippen molar-refractivity contribution < 1.29 is 9.31 Å². The summed E-state index contributed by atoms with van der Waals surface area (Å²) in [6.07, 6.45) is 0. The van der Waals surface area contributed by atoms with Crippen molar-refractivity contribution in [1.29, 1.82) is 0 Å². The number of para-hydroxylation sites is 4. The van der Waals surface area contributed by atoms with E-state index >= 15 is 0 Å². The minimum absolute atomic E-state index is 0.354. The fourth-order valence-corrected chi connectivity index (χ4v) is 20.1. The molecule has 12 heteroatoms. The zero-order chi connectivity index (χ0) is 65.5. The van der Waals surface area contributed by atoms with Crippen molar-refractivity contribution >= 4 is 199 Å². The molecule has 12 aromatic carbocycles. The molecule has 0 saturated carbocycles. The largest absolute Gasteiger partial charge is 0.494 e. The molecule has 0 radical (unpaired) electrons. The minimum atomic E-state index is -0.366. The van der Waals surface area contributed by atoms with Gasteiger partial charge in [-0.3, -0.25) is 0 Å². The highest BCUT2D eigenvalue weighted by Gasteiger charge is 2.52. The number of nitrogens with zero attached hydrogens (tertiary/aromatic N) is 4. The summed E-state index contributed by atoms with van der Waals surface area (Å²) in [5.74, 6) is 0. The Morgan fingerprint density at radius 2 is 0.561 bits per heavy atom. The quantitative estimate of drug-likeness (QED) is 0.156. The highest BCUT2D eigenvalue weighted by atomic mass is 79.9. The van der Waals surface area contributed by atoms with Crippen LogP contribution in [0.4, 0.5) is 0 Å². The molecule has 0 bridgehead atoms. The van der Waals surface area contributed by atoms with Gasteiger partial charge in [0.15, 0.2) is 0 Å². The summed E-state index contributed by atoms with van der Waals surface area (Å²) in [5.41, 5.74) is 12.6. The van der Waals surface area contributed by atoms with E-state index in [4.69, 9.17) is 9.31 Å². The first-order valence-electron chi connectivity index (χ1n) is 33.1. The van der Waals surface area contributed by atoms with E-state index in [2.05, 4.69) is 353 Å². The second kappa shape index (κ2) is 23.1. The number of hydrogen-bond donors (Lipinski definition) is 0. The van der Waals surface area contributed by atoms with E-state index < -0.39 is 0 Å². The maximum Gasteiger partial charge on any atom is 0.494 e. The first-order valence-corrected chi connectivity index (χ1v) is 37.1. The van der Waals surface area contributed by atoms with E-state index in [0.29, 0.717) is 0 Å². The molecule has 470 valence electrons. The topological polar surface area (TPSA) is 38.2 Å². The Balaban J connectivity index is 0.000000109. The van der Waals surface area contributed by atoms with E-state index in [1.807, 2.05) is 45.3 Å². The Morgan fingerprint density at radius 1 is 0.286 bits per heavy atom. The standard InChI is InChI=1S/C40H24N2S2.C26H24BNO2S.C20H12BrNS/c1-3-11-27(12-4-1)41-33-21-19-25(23-31(33)37-29-15-7-9-17-35(29)43-39(37)41)26-20-22-34-32(24-26)38-30-16-8-10-18-36(30)44-40(38)42(34)28-13-5-2-6-14-28;1-25(2)26(3,4)30-27(29-25)17-14-15-21-20(16-17)23-19-12-8-9-13-22(19)31-24(23)28(21)18-10-6-5-7-11-18;21-13-10-11-17-16(12-13)19-15-8-4-5-9-18(15)23-20(19)22(17)14-6-2-1-3-7-14/h1-24H;5-16H,1-4H3;1-12H. The van der Waals surface area contributed by atoms with Crippen molar-refractivity contribution in [3.8, 4) is 33.9 Å². The lowest BCUT2D eigenvalue weighted by atomic mass is 9.78. The SMILES string of the molecule is Brc1ccc2c(c1)c1c3ccccc3sc1n2-c1ccccc1.CC1(C)OB(c2ccc3c(c2)c2c4ccccc4sc2n3-c2ccccc2)OC1(C)C.c1ccc(-n2c3ccc(-c4ccc5c(c4)c4c6ccccc6sc4n5-c4ccccc4)cc3c3c4ccccc4sc32)cc1. The number of aromatic nitrogens is 4. The third-order valence-corrected chi connectivity index (χ3v) is 25.2. The lowest BCUT2D eigenvalue weighted by molar-refractivity contribution is 0.00578. The molecule has 0 atom stereocenters. The Labute approximate surface area is 589 Å². The monoisotopic (exact) mass is 1400 g/mol. The van der Waals surface area contributed by atoms with E-state index in [-0.39, 0.29) is 18.3 Å². The summed E-state index contributed by atoms with van der Waals surface area (Å²) in [5, 5.41) is 15.8. The van der Waals surface area contributed by atoms with Crippen LogP contribution in [-0.2, 0) is 9.31 Å². The fourth-order valence-electron chi connectivity index (χ4n) is 14.8. The summed E-state index contributed by atoms with van der Waals surface area (Å²) in [6.45, 7) is 8.40. The van der Waals surface area contributed by atoms with Gasteiger partial charge in [-0.15, -0.1) is 45.3 Å². The second-order valence-corrected chi connectivity index (χ2v) is 31.3. The normalized spacial score (nSPS) is 13.8. The number of fused-ring (bicyclic) bond motifs is 20. The smallest absolute Gasteiger partial charge is 0.399 e. The molecule has 9 heterocycles. The van der Waals surface area contributed by atoms with Gasteiger partial charge in [0.2, 0.25) is 0 Å². The minimum Gasteiger partial charge on any atom is -0.399 e. The first-order chi connectivity index (χ1) is 48.0. The van der Waals surface area contributed by atoms with Crippen molar-refractivity contribution in [3.63, 3.8) is 0 Å². The Kier molecular flexibility index (Phi) is 14.0. The van der Waals surface area contributed by atoms with Gasteiger partial charge in [0.05, 0.1) is 33.3 Å². The number of thiophene rings is 4. The van der Waals surface area contributed by atoms with Crippen LogP contribution >= 0.6 is 61.3 Å². The predicted molar refractivity (Wildman–Crippen MR) is 427 cm³/mol. The van der Waals surface area contributed by atoms with Crippen LogP contribution in [0.3, 0.4) is 0 Å². The lowest BCUT2D eigenvalue weighted by Crippen LogP contribution is -2.41.